The molecule has 0 spiro atoms. The van der Waals surface area contributed by atoms with E-state index in [1.54, 1.807) is 11.4 Å². The van der Waals surface area contributed by atoms with Gasteiger partial charge in [0.15, 0.2) is 5.65 Å². The maximum Gasteiger partial charge on any atom is 0.343 e. The molecule has 0 N–H and O–H groups in total. The van der Waals surface area contributed by atoms with Crippen molar-refractivity contribution < 1.29 is 9.53 Å². The lowest BCUT2D eigenvalue weighted by Crippen LogP contribution is -2.19. The highest BCUT2D eigenvalue weighted by Gasteiger charge is 2.18. The minimum Gasteiger partial charge on any atom is -0.462 e. The zero-order valence-corrected chi connectivity index (χ0v) is 12.0. The number of terminal acetylenes is 1. The first-order chi connectivity index (χ1) is 10.3. The molecule has 2 aromatic rings. The minimum absolute atomic E-state index is 0.349. The summed E-state index contributed by atoms with van der Waals surface area (Å²) in [5, 5.41) is 4.12. The molecule has 0 unspecified atom stereocenters. The number of ether oxygens (including phenoxy) is 1. The van der Waals surface area contributed by atoms with Crippen molar-refractivity contribution in [3.8, 4) is 12.8 Å². The van der Waals surface area contributed by atoms with E-state index in [-0.39, 0.29) is 5.97 Å². The summed E-state index contributed by atoms with van der Waals surface area (Å²) in [5.41, 5.74) is 0.978. The molecule has 0 aliphatic carbocycles. The van der Waals surface area contributed by atoms with E-state index in [2.05, 4.69) is 27.8 Å². The van der Waals surface area contributed by atoms with E-state index in [0.717, 1.165) is 18.9 Å². The fraction of sp³-hybridized carbons (Fsp3) is 0.400. The van der Waals surface area contributed by atoms with Gasteiger partial charge < -0.3 is 9.64 Å². The molecule has 3 heterocycles. The average Bonchev–Trinajstić information content (AvgIpc) is 3.18. The third-order valence-electron chi connectivity index (χ3n) is 3.28. The number of hydrogen-bond donors (Lipinski definition) is 0. The lowest BCUT2D eigenvalue weighted by atomic mass is 10.3. The summed E-state index contributed by atoms with van der Waals surface area (Å²) in [7, 11) is 0. The van der Waals surface area contributed by atoms with Gasteiger partial charge in [0.2, 0.25) is 0 Å². The maximum atomic E-state index is 11.8. The van der Waals surface area contributed by atoms with Gasteiger partial charge in [0.1, 0.15) is 11.4 Å². The molecule has 0 saturated carbocycles. The Hall–Kier alpha value is -2.55. The lowest BCUT2D eigenvalue weighted by Gasteiger charge is -2.15. The Morgan fingerprint density at radius 2 is 2.10 bits per heavy atom. The van der Waals surface area contributed by atoms with Gasteiger partial charge in [-0.05, 0) is 25.8 Å². The summed E-state index contributed by atoms with van der Waals surface area (Å²) in [6.07, 6.45) is 13.7. The predicted molar refractivity (Wildman–Crippen MR) is 80.3 cm³/mol. The van der Waals surface area contributed by atoms with Crippen molar-refractivity contribution in [3.05, 3.63) is 24.0 Å². The largest absolute Gasteiger partial charge is 0.462 e. The van der Waals surface area contributed by atoms with Crippen molar-refractivity contribution in [2.24, 2.45) is 0 Å². The summed E-state index contributed by atoms with van der Waals surface area (Å²) in [6.45, 7) is 4.17. The van der Waals surface area contributed by atoms with Crippen molar-refractivity contribution in [1.29, 1.82) is 0 Å². The van der Waals surface area contributed by atoms with Crippen LogP contribution in [0.15, 0.2) is 18.5 Å². The molecule has 1 saturated heterocycles. The van der Waals surface area contributed by atoms with Crippen LogP contribution >= 0.6 is 0 Å². The van der Waals surface area contributed by atoms with Crippen LogP contribution in [0.4, 0.5) is 5.82 Å². The summed E-state index contributed by atoms with van der Waals surface area (Å²) in [6, 6.07) is 1.93. The van der Waals surface area contributed by atoms with Gasteiger partial charge in [-0.15, -0.1) is 12.8 Å². The third kappa shape index (κ3) is 2.97. The van der Waals surface area contributed by atoms with Gasteiger partial charge in [-0.25, -0.2) is 14.3 Å². The molecule has 0 amide bonds. The van der Waals surface area contributed by atoms with E-state index in [4.69, 9.17) is 4.74 Å². The first-order valence-electron chi connectivity index (χ1n) is 6.89. The molecule has 1 fully saturated rings. The molecule has 0 atom stereocenters. The molecule has 0 bridgehead atoms. The maximum absolute atomic E-state index is 11.8. The van der Waals surface area contributed by atoms with Gasteiger partial charge in [-0.2, -0.15) is 5.10 Å². The second-order valence-corrected chi connectivity index (χ2v) is 4.53. The fourth-order valence-electron chi connectivity index (χ4n) is 2.33. The van der Waals surface area contributed by atoms with Crippen LogP contribution in [0.1, 0.15) is 30.1 Å². The van der Waals surface area contributed by atoms with Gasteiger partial charge in [0, 0.05) is 19.3 Å². The Morgan fingerprint density at radius 3 is 2.76 bits per heavy atom. The first-order valence-corrected chi connectivity index (χ1v) is 6.89. The number of carbonyl (C=O) groups excluding carboxylic acids is 1. The van der Waals surface area contributed by atoms with Crippen LogP contribution in [0.3, 0.4) is 0 Å². The van der Waals surface area contributed by atoms with Gasteiger partial charge in [-0.1, -0.05) is 0 Å². The number of anilines is 1. The molecule has 1 aliphatic rings. The summed E-state index contributed by atoms with van der Waals surface area (Å²) in [5.74, 6) is 0.527. The van der Waals surface area contributed by atoms with Crippen molar-refractivity contribution in [2.75, 3.05) is 24.6 Å². The van der Waals surface area contributed by atoms with Crippen LogP contribution in [0.25, 0.3) is 5.65 Å². The van der Waals surface area contributed by atoms with Gasteiger partial charge in [0.25, 0.3) is 0 Å². The fourth-order valence-corrected chi connectivity index (χ4v) is 2.33. The topological polar surface area (TPSA) is 59.7 Å². The predicted octanol–water partition coefficient (Wildman–Crippen LogP) is 1.76. The average molecular weight is 286 g/mol. The molecule has 2 aromatic heterocycles. The lowest BCUT2D eigenvalue weighted by molar-refractivity contribution is 0.0528. The van der Waals surface area contributed by atoms with Crippen molar-refractivity contribution in [1.82, 2.24) is 14.6 Å². The van der Waals surface area contributed by atoms with Gasteiger partial charge in [0.05, 0.1) is 12.8 Å². The van der Waals surface area contributed by atoms with Crippen LogP contribution in [0, 0.1) is 12.8 Å². The highest BCUT2D eigenvalue weighted by molar-refractivity contribution is 5.95. The Bertz CT molecular complexity index is 641. The summed E-state index contributed by atoms with van der Waals surface area (Å²) >= 11 is 0. The molecule has 6 heteroatoms. The highest BCUT2D eigenvalue weighted by atomic mass is 16.5. The molecule has 110 valence electrons. The summed E-state index contributed by atoms with van der Waals surface area (Å²) < 4.78 is 6.62. The SMILES string of the molecule is C#C.CCOC(=O)c1cnn2ccc(N3CCCC3)nc12. The Morgan fingerprint density at radius 1 is 1.38 bits per heavy atom. The number of carbonyl (C=O) groups is 1. The normalized spacial score (nSPS) is 13.8. The van der Waals surface area contributed by atoms with Gasteiger partial charge in [-0.3, -0.25) is 0 Å². The van der Waals surface area contributed by atoms with Crippen LogP contribution in [-0.4, -0.2) is 40.3 Å². The zero-order valence-electron chi connectivity index (χ0n) is 12.0. The smallest absolute Gasteiger partial charge is 0.343 e. The first kappa shape index (κ1) is 14.9. The number of nitrogens with zero attached hydrogens (tertiary/aromatic N) is 4. The molecular weight excluding hydrogens is 268 g/mol. The Balaban J connectivity index is 0.000000774. The number of esters is 1. The summed E-state index contributed by atoms with van der Waals surface area (Å²) in [4.78, 5) is 18.6. The van der Waals surface area contributed by atoms with E-state index in [9.17, 15) is 4.79 Å². The monoisotopic (exact) mass is 286 g/mol. The Kier molecular flexibility index (Phi) is 4.77. The molecule has 1 aliphatic heterocycles. The zero-order chi connectivity index (χ0) is 15.2. The van der Waals surface area contributed by atoms with E-state index in [1.165, 1.54) is 19.0 Å². The molecule has 3 rings (SSSR count). The van der Waals surface area contributed by atoms with Crippen LogP contribution in [-0.2, 0) is 4.74 Å². The van der Waals surface area contributed by atoms with Crippen LogP contribution in [0.2, 0.25) is 0 Å². The van der Waals surface area contributed by atoms with E-state index in [1.807, 2.05) is 12.3 Å². The second-order valence-electron chi connectivity index (χ2n) is 4.53. The number of aromatic nitrogens is 3. The number of rotatable bonds is 3. The standard InChI is InChI=1S/C13H16N4O2.C2H2/c1-2-19-13(18)10-9-14-17-8-5-11(15-12(10)17)16-6-3-4-7-16;1-2/h5,8-9H,2-4,6-7H2,1H3;1-2H. The quantitative estimate of drug-likeness (QED) is 0.635. The minimum atomic E-state index is -0.372. The third-order valence-corrected chi connectivity index (χ3v) is 3.28. The molecular formula is C15H18N4O2. The molecule has 0 aromatic carbocycles. The highest BCUT2D eigenvalue weighted by Crippen LogP contribution is 2.19. The van der Waals surface area contributed by atoms with E-state index in [0.29, 0.717) is 17.8 Å². The number of hydrogen-bond acceptors (Lipinski definition) is 5. The van der Waals surface area contributed by atoms with Crippen molar-refractivity contribution in [2.45, 2.75) is 19.8 Å². The number of fused-ring (bicyclic) bond motifs is 1. The molecule has 21 heavy (non-hydrogen) atoms. The second kappa shape index (κ2) is 6.75. The van der Waals surface area contributed by atoms with Crippen LogP contribution < -0.4 is 4.90 Å². The molecule has 0 radical (unpaired) electrons. The van der Waals surface area contributed by atoms with Crippen molar-refractivity contribution >= 4 is 17.4 Å². The Labute approximate surface area is 123 Å². The van der Waals surface area contributed by atoms with E-state index < -0.39 is 0 Å². The van der Waals surface area contributed by atoms with E-state index >= 15 is 0 Å². The van der Waals surface area contributed by atoms with Gasteiger partial charge >= 0.3 is 5.97 Å². The molecule has 6 nitrogen and oxygen atoms in total. The van der Waals surface area contributed by atoms with Crippen LogP contribution in [0.5, 0.6) is 0 Å². The van der Waals surface area contributed by atoms with Crippen molar-refractivity contribution in [3.63, 3.8) is 0 Å².